The van der Waals surface area contributed by atoms with Gasteiger partial charge >= 0.3 is 0 Å². The van der Waals surface area contributed by atoms with Gasteiger partial charge in [-0.15, -0.1) is 11.3 Å². The van der Waals surface area contributed by atoms with Gasteiger partial charge in [0, 0.05) is 13.6 Å². The number of nitrogen functional groups attached to an aromatic ring is 1. The Morgan fingerprint density at radius 3 is 2.71 bits per heavy atom. The molecule has 0 aliphatic carbocycles. The topological polar surface area (TPSA) is 42.2 Å². The minimum absolute atomic E-state index is 0.248. The minimum atomic E-state index is 0.248. The van der Waals surface area contributed by atoms with Crippen molar-refractivity contribution in [3.05, 3.63) is 17.6 Å². The van der Waals surface area contributed by atoms with Crippen LogP contribution >= 0.6 is 11.3 Å². The first kappa shape index (κ1) is 12.2. The zero-order chi connectivity index (χ0) is 12.6. The van der Waals surface area contributed by atoms with E-state index in [9.17, 15) is 0 Å². The molecule has 17 heavy (non-hydrogen) atoms. The van der Waals surface area contributed by atoms with Crippen molar-refractivity contribution in [2.45, 2.75) is 20.8 Å². The maximum atomic E-state index is 6.19. The molecule has 0 radical (unpaired) electrons. The summed E-state index contributed by atoms with van der Waals surface area (Å²) < 4.78 is 1.15. The Balaban J connectivity index is 2.38. The Labute approximate surface area is 106 Å². The first-order valence-electron chi connectivity index (χ1n) is 5.71. The Morgan fingerprint density at radius 1 is 1.35 bits per heavy atom. The number of nitrogens with two attached hydrogens (primary N) is 1. The van der Waals surface area contributed by atoms with Gasteiger partial charge in [0.05, 0.1) is 21.6 Å². The lowest BCUT2D eigenvalue weighted by Gasteiger charge is -2.29. The van der Waals surface area contributed by atoms with E-state index in [-0.39, 0.29) is 5.41 Å². The van der Waals surface area contributed by atoms with Crippen molar-refractivity contribution >= 4 is 32.9 Å². The highest BCUT2D eigenvalue weighted by Crippen LogP contribution is 2.33. The summed E-state index contributed by atoms with van der Waals surface area (Å²) in [7, 11) is 2.08. The molecule has 0 bridgehead atoms. The van der Waals surface area contributed by atoms with E-state index in [1.807, 2.05) is 5.51 Å². The number of rotatable bonds is 2. The third kappa shape index (κ3) is 2.52. The van der Waals surface area contributed by atoms with Crippen LogP contribution in [0.5, 0.6) is 0 Å². The fourth-order valence-corrected chi connectivity index (χ4v) is 2.76. The first-order valence-corrected chi connectivity index (χ1v) is 6.59. The van der Waals surface area contributed by atoms with Gasteiger partial charge in [0.1, 0.15) is 5.52 Å². The fraction of sp³-hybridized carbons (Fsp3) is 0.462. The van der Waals surface area contributed by atoms with Gasteiger partial charge in [-0.2, -0.15) is 0 Å². The van der Waals surface area contributed by atoms with Gasteiger partial charge in [-0.25, -0.2) is 4.98 Å². The molecule has 0 atom stereocenters. The van der Waals surface area contributed by atoms with Crippen molar-refractivity contribution < 1.29 is 0 Å². The van der Waals surface area contributed by atoms with Gasteiger partial charge in [-0.1, -0.05) is 20.8 Å². The van der Waals surface area contributed by atoms with E-state index >= 15 is 0 Å². The molecule has 1 aromatic carbocycles. The summed E-state index contributed by atoms with van der Waals surface area (Å²) in [4.78, 5) is 6.53. The summed E-state index contributed by atoms with van der Waals surface area (Å²) in [6.07, 6.45) is 0. The van der Waals surface area contributed by atoms with E-state index in [2.05, 4.69) is 49.8 Å². The molecule has 2 N–H and O–H groups in total. The smallest absolute Gasteiger partial charge is 0.106 e. The van der Waals surface area contributed by atoms with E-state index in [1.165, 1.54) is 0 Å². The SMILES string of the molecule is CN(CC(C)(C)C)c1ccc2scnc2c1N. The molecule has 0 spiro atoms. The lowest BCUT2D eigenvalue weighted by Crippen LogP contribution is -2.29. The van der Waals surface area contributed by atoms with Gasteiger partial charge in [-0.05, 0) is 17.5 Å². The van der Waals surface area contributed by atoms with Gasteiger partial charge in [-0.3, -0.25) is 0 Å². The van der Waals surface area contributed by atoms with Crippen LogP contribution in [0.2, 0.25) is 0 Å². The second-order valence-corrected chi connectivity index (χ2v) is 6.50. The summed E-state index contributed by atoms with van der Waals surface area (Å²) in [5, 5.41) is 0. The maximum Gasteiger partial charge on any atom is 0.106 e. The Morgan fingerprint density at radius 2 is 2.06 bits per heavy atom. The van der Waals surface area contributed by atoms with Crippen LogP contribution in [0.25, 0.3) is 10.2 Å². The van der Waals surface area contributed by atoms with Crippen molar-refractivity contribution in [1.82, 2.24) is 4.98 Å². The average Bonchev–Trinajstić information content (AvgIpc) is 2.63. The van der Waals surface area contributed by atoms with Crippen LogP contribution in [0.15, 0.2) is 17.6 Å². The molecule has 3 nitrogen and oxygen atoms in total. The molecule has 2 rings (SSSR count). The van der Waals surface area contributed by atoms with Crippen molar-refractivity contribution in [3.8, 4) is 0 Å². The molecule has 0 fully saturated rings. The summed E-state index contributed by atoms with van der Waals surface area (Å²) in [6.45, 7) is 7.63. The zero-order valence-corrected chi connectivity index (χ0v) is 11.6. The molecule has 0 saturated heterocycles. The largest absolute Gasteiger partial charge is 0.395 e. The Hall–Kier alpha value is -1.29. The molecule has 0 amide bonds. The third-order valence-corrected chi connectivity index (χ3v) is 3.44. The van der Waals surface area contributed by atoms with Gasteiger partial charge in [0.15, 0.2) is 0 Å². The average molecular weight is 249 g/mol. The number of fused-ring (bicyclic) bond motifs is 1. The lowest BCUT2D eigenvalue weighted by molar-refractivity contribution is 0.419. The zero-order valence-electron chi connectivity index (χ0n) is 10.8. The van der Waals surface area contributed by atoms with E-state index in [0.717, 1.165) is 28.1 Å². The second kappa shape index (κ2) is 4.18. The normalized spacial score (nSPS) is 12.0. The lowest BCUT2D eigenvalue weighted by atomic mass is 9.96. The summed E-state index contributed by atoms with van der Waals surface area (Å²) in [5.74, 6) is 0. The highest BCUT2D eigenvalue weighted by atomic mass is 32.1. The molecule has 0 aliphatic rings. The Bertz CT molecular complexity index is 525. The van der Waals surface area contributed by atoms with Gasteiger partial charge in [0.25, 0.3) is 0 Å². The Kier molecular flexibility index (Phi) is 3.00. The standard InChI is InChI=1S/C13H19N3S/c1-13(2,3)7-16(4)9-5-6-10-12(11(9)14)15-8-17-10/h5-6,8H,7,14H2,1-4H3. The number of hydrogen-bond donors (Lipinski definition) is 1. The summed E-state index contributed by atoms with van der Waals surface area (Å²) in [5.41, 5.74) is 11.1. The number of aromatic nitrogens is 1. The number of nitrogens with zero attached hydrogens (tertiary/aromatic N) is 2. The van der Waals surface area contributed by atoms with Crippen LogP contribution in [0.4, 0.5) is 11.4 Å². The van der Waals surface area contributed by atoms with Crippen LogP contribution in [0.1, 0.15) is 20.8 Å². The number of benzene rings is 1. The van der Waals surface area contributed by atoms with E-state index < -0.39 is 0 Å². The fourth-order valence-electron chi connectivity index (χ4n) is 2.07. The van der Waals surface area contributed by atoms with Crippen LogP contribution in [-0.2, 0) is 0 Å². The quantitative estimate of drug-likeness (QED) is 0.830. The highest BCUT2D eigenvalue weighted by Gasteiger charge is 2.16. The van der Waals surface area contributed by atoms with Crippen LogP contribution in [-0.4, -0.2) is 18.6 Å². The van der Waals surface area contributed by atoms with E-state index in [1.54, 1.807) is 11.3 Å². The molecule has 0 unspecified atom stereocenters. The number of hydrogen-bond acceptors (Lipinski definition) is 4. The molecule has 92 valence electrons. The first-order chi connectivity index (χ1) is 7.88. The molecular formula is C13H19N3S. The molecule has 0 aliphatic heterocycles. The van der Waals surface area contributed by atoms with Gasteiger partial charge in [0.2, 0.25) is 0 Å². The summed E-state index contributed by atoms with van der Waals surface area (Å²) in [6, 6.07) is 4.18. The molecule has 1 aromatic heterocycles. The van der Waals surface area contributed by atoms with Gasteiger partial charge < -0.3 is 10.6 Å². The monoisotopic (exact) mass is 249 g/mol. The second-order valence-electron chi connectivity index (χ2n) is 5.61. The molecule has 1 heterocycles. The van der Waals surface area contributed by atoms with E-state index in [4.69, 9.17) is 5.73 Å². The molecular weight excluding hydrogens is 230 g/mol. The molecule has 4 heteroatoms. The molecule has 0 saturated carbocycles. The van der Waals surface area contributed by atoms with Crippen LogP contribution in [0, 0.1) is 5.41 Å². The van der Waals surface area contributed by atoms with Crippen molar-refractivity contribution in [1.29, 1.82) is 0 Å². The predicted octanol–water partition coefficient (Wildman–Crippen LogP) is 3.36. The number of anilines is 2. The van der Waals surface area contributed by atoms with Crippen LogP contribution in [0.3, 0.4) is 0 Å². The summed E-state index contributed by atoms with van der Waals surface area (Å²) >= 11 is 1.63. The molecule has 2 aromatic rings. The van der Waals surface area contributed by atoms with Crippen molar-refractivity contribution in [2.75, 3.05) is 24.2 Å². The van der Waals surface area contributed by atoms with Crippen molar-refractivity contribution in [2.24, 2.45) is 5.41 Å². The highest BCUT2D eigenvalue weighted by molar-refractivity contribution is 7.16. The minimum Gasteiger partial charge on any atom is -0.395 e. The maximum absolute atomic E-state index is 6.19. The van der Waals surface area contributed by atoms with Crippen molar-refractivity contribution in [3.63, 3.8) is 0 Å². The predicted molar refractivity (Wildman–Crippen MR) is 76.8 cm³/mol. The number of thiazole rings is 1. The van der Waals surface area contributed by atoms with Crippen LogP contribution < -0.4 is 10.6 Å². The third-order valence-electron chi connectivity index (χ3n) is 2.64. The van der Waals surface area contributed by atoms with E-state index in [0.29, 0.717) is 0 Å².